The van der Waals surface area contributed by atoms with Crippen molar-refractivity contribution in [2.75, 3.05) is 31.5 Å². The quantitative estimate of drug-likeness (QED) is 0.713. The molecular weight excluding hydrogens is 443 g/mol. The number of pyridine rings is 1. The monoisotopic (exact) mass is 466 g/mol. The summed E-state index contributed by atoms with van der Waals surface area (Å²) in [6, 6.07) is 3.62. The topological polar surface area (TPSA) is 74.3 Å². The second-order valence-corrected chi connectivity index (χ2v) is 7.57. The average Bonchev–Trinajstić information content (AvgIpc) is 2.55. The Kier molecular flexibility index (Phi) is 9.30. The number of nitrogens with zero attached hydrogens (tertiary/aromatic N) is 2. The lowest BCUT2D eigenvalue weighted by molar-refractivity contribution is -0.140. The van der Waals surface area contributed by atoms with E-state index in [0.717, 1.165) is 17.6 Å². The maximum Gasteiger partial charge on any atom is 0.228 e. The van der Waals surface area contributed by atoms with Crippen LogP contribution in [0.25, 0.3) is 0 Å². The number of amides is 2. The van der Waals surface area contributed by atoms with Crippen LogP contribution in [-0.2, 0) is 9.59 Å². The van der Waals surface area contributed by atoms with Crippen LogP contribution in [0.3, 0.4) is 0 Å². The van der Waals surface area contributed by atoms with Crippen molar-refractivity contribution >= 4 is 58.4 Å². The van der Waals surface area contributed by atoms with Crippen molar-refractivity contribution < 1.29 is 9.59 Å². The molecular formula is C17H25BrCl2N4O2. The first kappa shape index (κ1) is 23.1. The van der Waals surface area contributed by atoms with Gasteiger partial charge >= 0.3 is 0 Å². The Labute approximate surface area is 174 Å². The average molecular weight is 468 g/mol. The van der Waals surface area contributed by atoms with E-state index >= 15 is 0 Å². The van der Waals surface area contributed by atoms with Crippen LogP contribution < -0.4 is 10.6 Å². The molecule has 0 aromatic carbocycles. The number of aromatic nitrogens is 1. The molecule has 1 aromatic heterocycles. The zero-order chi connectivity index (χ0) is 17.1. The summed E-state index contributed by atoms with van der Waals surface area (Å²) >= 11 is 3.32. The fourth-order valence-electron chi connectivity index (χ4n) is 3.19. The van der Waals surface area contributed by atoms with Crippen LogP contribution in [-0.4, -0.2) is 47.9 Å². The molecule has 9 heteroatoms. The fraction of sp³-hybridized carbons (Fsp3) is 0.588. The third-order valence-electron chi connectivity index (χ3n) is 5.07. The van der Waals surface area contributed by atoms with Gasteiger partial charge in [0.1, 0.15) is 5.82 Å². The number of piperidine rings is 1. The van der Waals surface area contributed by atoms with Crippen molar-refractivity contribution in [1.29, 1.82) is 0 Å². The van der Waals surface area contributed by atoms with Gasteiger partial charge in [0, 0.05) is 35.6 Å². The summed E-state index contributed by atoms with van der Waals surface area (Å²) in [4.78, 5) is 31.0. The summed E-state index contributed by atoms with van der Waals surface area (Å²) in [7, 11) is 0. The zero-order valence-electron chi connectivity index (χ0n) is 14.6. The van der Waals surface area contributed by atoms with Crippen LogP contribution in [0, 0.1) is 17.8 Å². The summed E-state index contributed by atoms with van der Waals surface area (Å²) in [6.07, 6.45) is 3.08. The summed E-state index contributed by atoms with van der Waals surface area (Å²) in [5, 5.41) is 6.08. The largest absolute Gasteiger partial charge is 0.342 e. The molecule has 2 fully saturated rings. The minimum atomic E-state index is -0.0554. The van der Waals surface area contributed by atoms with E-state index in [4.69, 9.17) is 0 Å². The molecule has 3 rings (SSSR count). The van der Waals surface area contributed by atoms with Crippen molar-refractivity contribution in [3.63, 3.8) is 0 Å². The predicted molar refractivity (Wildman–Crippen MR) is 110 cm³/mol. The van der Waals surface area contributed by atoms with Crippen LogP contribution in [0.15, 0.2) is 22.8 Å². The molecule has 2 saturated heterocycles. The number of halogens is 3. The second-order valence-electron chi connectivity index (χ2n) is 6.66. The van der Waals surface area contributed by atoms with Crippen LogP contribution in [0.2, 0.25) is 0 Å². The fourth-order valence-corrected chi connectivity index (χ4v) is 3.43. The minimum Gasteiger partial charge on any atom is -0.342 e. The molecule has 0 radical (unpaired) electrons. The second kappa shape index (κ2) is 10.4. The lowest BCUT2D eigenvalue weighted by atomic mass is 9.87. The first-order valence-corrected chi connectivity index (χ1v) is 9.26. The third-order valence-corrected chi connectivity index (χ3v) is 5.53. The number of hydrogen-bond acceptors (Lipinski definition) is 4. The van der Waals surface area contributed by atoms with Crippen LogP contribution >= 0.6 is 40.7 Å². The molecule has 3 heterocycles. The smallest absolute Gasteiger partial charge is 0.228 e. The van der Waals surface area contributed by atoms with Crippen molar-refractivity contribution in [2.24, 2.45) is 17.8 Å². The molecule has 146 valence electrons. The van der Waals surface area contributed by atoms with E-state index in [2.05, 4.69) is 31.5 Å². The van der Waals surface area contributed by atoms with E-state index in [1.54, 1.807) is 12.3 Å². The van der Waals surface area contributed by atoms with Crippen LogP contribution in [0.5, 0.6) is 0 Å². The van der Waals surface area contributed by atoms with Gasteiger partial charge in [-0.1, -0.05) is 6.92 Å². The number of anilines is 1. The lowest BCUT2D eigenvalue weighted by Gasteiger charge is -2.37. The van der Waals surface area contributed by atoms with E-state index < -0.39 is 0 Å². The van der Waals surface area contributed by atoms with Crippen molar-refractivity contribution in [3.05, 3.63) is 22.8 Å². The highest BCUT2D eigenvalue weighted by atomic mass is 79.9. The van der Waals surface area contributed by atoms with Crippen molar-refractivity contribution in [2.45, 2.75) is 19.8 Å². The number of rotatable bonds is 4. The Bertz CT molecular complexity index is 605. The van der Waals surface area contributed by atoms with Gasteiger partial charge in [0.15, 0.2) is 0 Å². The molecule has 2 amide bonds. The van der Waals surface area contributed by atoms with Gasteiger partial charge < -0.3 is 15.5 Å². The number of hydrogen-bond donors (Lipinski definition) is 2. The van der Waals surface area contributed by atoms with Gasteiger partial charge in [0.05, 0.1) is 0 Å². The van der Waals surface area contributed by atoms with Gasteiger partial charge in [-0.05, 0) is 59.9 Å². The first-order valence-electron chi connectivity index (χ1n) is 8.46. The Morgan fingerprint density at radius 1 is 1.27 bits per heavy atom. The highest BCUT2D eigenvalue weighted by molar-refractivity contribution is 9.10. The van der Waals surface area contributed by atoms with Gasteiger partial charge in [-0.25, -0.2) is 4.98 Å². The highest BCUT2D eigenvalue weighted by Gasteiger charge is 2.34. The minimum absolute atomic E-state index is 0. The van der Waals surface area contributed by atoms with E-state index in [0.29, 0.717) is 37.7 Å². The van der Waals surface area contributed by atoms with Crippen molar-refractivity contribution in [3.8, 4) is 0 Å². The Morgan fingerprint density at radius 3 is 2.42 bits per heavy atom. The Balaban J connectivity index is 0.00000169. The van der Waals surface area contributed by atoms with Gasteiger partial charge in [-0.3, -0.25) is 9.59 Å². The number of carbonyl (C=O) groups is 2. The SMILES string of the molecule is CC(C(=O)N1CCC(C(=O)Nc2ccc(Br)cn2)CC1)C1CNC1.Cl.Cl. The van der Waals surface area contributed by atoms with Gasteiger partial charge in [-0.2, -0.15) is 0 Å². The van der Waals surface area contributed by atoms with Gasteiger partial charge in [0.2, 0.25) is 11.8 Å². The molecule has 1 aromatic rings. The molecule has 0 saturated carbocycles. The first-order chi connectivity index (χ1) is 11.5. The van der Waals surface area contributed by atoms with E-state index in [-0.39, 0.29) is 48.5 Å². The summed E-state index contributed by atoms with van der Waals surface area (Å²) < 4.78 is 0.878. The molecule has 2 aliphatic heterocycles. The molecule has 0 bridgehead atoms. The Hall–Kier alpha value is -0.890. The molecule has 26 heavy (non-hydrogen) atoms. The van der Waals surface area contributed by atoms with Gasteiger partial charge in [0.25, 0.3) is 0 Å². The van der Waals surface area contributed by atoms with Crippen LogP contribution in [0.4, 0.5) is 5.82 Å². The Morgan fingerprint density at radius 2 is 1.92 bits per heavy atom. The molecule has 2 N–H and O–H groups in total. The maximum absolute atomic E-state index is 12.5. The lowest BCUT2D eigenvalue weighted by Crippen LogP contribution is -2.52. The number of carbonyl (C=O) groups excluding carboxylic acids is 2. The van der Waals surface area contributed by atoms with E-state index in [1.165, 1.54) is 0 Å². The molecule has 0 aliphatic carbocycles. The van der Waals surface area contributed by atoms with Gasteiger partial charge in [-0.15, -0.1) is 24.8 Å². The third kappa shape index (κ3) is 5.55. The number of likely N-dealkylation sites (tertiary alicyclic amines) is 1. The normalized spacial score (nSPS) is 18.8. The maximum atomic E-state index is 12.5. The molecule has 1 atom stereocenters. The highest BCUT2D eigenvalue weighted by Crippen LogP contribution is 2.24. The van der Waals surface area contributed by atoms with E-state index in [1.807, 2.05) is 17.9 Å². The summed E-state index contributed by atoms with van der Waals surface area (Å²) in [6.45, 7) is 5.22. The van der Waals surface area contributed by atoms with E-state index in [9.17, 15) is 9.59 Å². The molecule has 0 spiro atoms. The molecule has 1 unspecified atom stereocenters. The number of nitrogens with one attached hydrogen (secondary N) is 2. The standard InChI is InChI=1S/C17H23BrN4O2.2ClH/c1-11(13-8-19-9-13)17(24)22-6-4-12(5-7-22)16(23)21-15-3-2-14(18)10-20-15;;/h2-3,10-13,19H,4-9H2,1H3,(H,20,21,23);2*1H. The zero-order valence-corrected chi connectivity index (χ0v) is 17.8. The van der Waals surface area contributed by atoms with Crippen molar-refractivity contribution in [1.82, 2.24) is 15.2 Å². The summed E-state index contributed by atoms with van der Waals surface area (Å²) in [5.74, 6) is 1.27. The molecule has 6 nitrogen and oxygen atoms in total. The van der Waals surface area contributed by atoms with Crippen LogP contribution in [0.1, 0.15) is 19.8 Å². The summed E-state index contributed by atoms with van der Waals surface area (Å²) in [5.41, 5.74) is 0. The predicted octanol–water partition coefficient (Wildman–Crippen LogP) is 2.72. The molecule has 2 aliphatic rings.